The first-order valence-electron chi connectivity index (χ1n) is 8.17. The van der Waals surface area contributed by atoms with Gasteiger partial charge in [0.05, 0.1) is 16.0 Å². The van der Waals surface area contributed by atoms with Crippen LogP contribution in [0.15, 0.2) is 46.6 Å². The topological polar surface area (TPSA) is 95.9 Å². The molecule has 0 bridgehead atoms. The molecule has 2 N–H and O–H groups in total. The summed E-state index contributed by atoms with van der Waals surface area (Å²) in [5.74, 6) is -1.45. The molecule has 0 saturated carbocycles. The highest BCUT2D eigenvalue weighted by atomic mass is 79.9. The van der Waals surface area contributed by atoms with Gasteiger partial charge in [0.1, 0.15) is 5.70 Å². The van der Waals surface area contributed by atoms with Crippen molar-refractivity contribution in [3.05, 3.63) is 67.7 Å². The van der Waals surface area contributed by atoms with E-state index in [9.17, 15) is 14.4 Å². The predicted octanol–water partition coefficient (Wildman–Crippen LogP) is 4.31. The van der Waals surface area contributed by atoms with E-state index >= 15 is 0 Å². The average molecular weight is 500 g/mol. The van der Waals surface area contributed by atoms with E-state index in [0.29, 0.717) is 15.1 Å². The maximum Gasteiger partial charge on any atom is 0.341 e. The predicted molar refractivity (Wildman–Crippen MR) is 111 cm³/mol. The first kappa shape index (κ1) is 21.2. The Hall–Kier alpha value is -2.55. The van der Waals surface area contributed by atoms with E-state index in [4.69, 9.17) is 33.0 Å². The zero-order valence-corrected chi connectivity index (χ0v) is 17.7. The molecule has 0 aliphatic carbocycles. The van der Waals surface area contributed by atoms with Gasteiger partial charge in [-0.25, -0.2) is 9.59 Å². The number of aliphatic carboxylic acids is 1. The van der Waals surface area contributed by atoms with E-state index in [2.05, 4.69) is 21.2 Å². The molecule has 1 aliphatic heterocycles. The van der Waals surface area contributed by atoms with E-state index in [1.54, 1.807) is 30.3 Å². The van der Waals surface area contributed by atoms with Gasteiger partial charge in [0, 0.05) is 5.02 Å². The summed E-state index contributed by atoms with van der Waals surface area (Å²) in [7, 11) is 0. The molecule has 0 unspecified atom stereocenters. The fraction of sp³-hybridized carbons (Fsp3) is 0.105. The van der Waals surface area contributed by atoms with Gasteiger partial charge >= 0.3 is 12.0 Å². The number of carboxylic acids is 1. The third-order valence-electron chi connectivity index (χ3n) is 3.89. The zero-order valence-electron chi connectivity index (χ0n) is 14.6. The third kappa shape index (κ3) is 5.09. The number of carbonyl (C=O) groups excluding carboxylic acids is 2. The van der Waals surface area contributed by atoms with Crippen molar-refractivity contribution in [2.75, 3.05) is 6.61 Å². The smallest absolute Gasteiger partial charge is 0.341 e. The average Bonchev–Trinajstić information content (AvgIpc) is 2.90. The van der Waals surface area contributed by atoms with Crippen LogP contribution in [-0.2, 0) is 16.1 Å². The van der Waals surface area contributed by atoms with Gasteiger partial charge in [-0.2, -0.15) is 0 Å². The molecule has 3 amide bonds. The number of ether oxygens (including phenoxy) is 1. The van der Waals surface area contributed by atoms with Gasteiger partial charge in [-0.05, 0) is 57.4 Å². The van der Waals surface area contributed by atoms with Crippen molar-refractivity contribution in [3.63, 3.8) is 0 Å². The molecule has 2 aromatic rings. The fourth-order valence-electron chi connectivity index (χ4n) is 2.59. The van der Waals surface area contributed by atoms with Gasteiger partial charge in [-0.3, -0.25) is 9.69 Å². The lowest BCUT2D eigenvalue weighted by atomic mass is 10.1. The van der Waals surface area contributed by atoms with Crippen LogP contribution in [-0.4, -0.2) is 34.5 Å². The number of nitrogens with zero attached hydrogens (tertiary/aromatic N) is 1. The summed E-state index contributed by atoms with van der Waals surface area (Å²) in [5, 5.41) is 12.0. The number of imide groups is 1. The van der Waals surface area contributed by atoms with Crippen molar-refractivity contribution in [1.29, 1.82) is 0 Å². The van der Waals surface area contributed by atoms with E-state index in [-0.39, 0.29) is 23.0 Å². The van der Waals surface area contributed by atoms with Crippen LogP contribution >= 0.6 is 39.1 Å². The van der Waals surface area contributed by atoms with E-state index < -0.39 is 24.5 Å². The summed E-state index contributed by atoms with van der Waals surface area (Å²) in [6.45, 7) is -0.446. The third-order valence-corrected chi connectivity index (χ3v) is 5.01. The monoisotopic (exact) mass is 498 g/mol. The highest BCUT2D eigenvalue weighted by Crippen LogP contribution is 2.35. The second-order valence-corrected chi connectivity index (χ2v) is 7.70. The molecule has 3 rings (SSSR count). The minimum Gasteiger partial charge on any atom is -0.479 e. The number of benzene rings is 2. The molecule has 0 atom stereocenters. The Bertz CT molecular complexity index is 1000. The summed E-state index contributed by atoms with van der Waals surface area (Å²) >= 11 is 15.3. The van der Waals surface area contributed by atoms with Gasteiger partial charge in [0.15, 0.2) is 12.4 Å². The lowest BCUT2D eigenvalue weighted by molar-refractivity contribution is -0.139. The number of nitrogens with one attached hydrogen (secondary N) is 1. The van der Waals surface area contributed by atoms with Gasteiger partial charge in [-0.1, -0.05) is 35.3 Å². The number of urea groups is 1. The number of halogens is 3. The van der Waals surface area contributed by atoms with Gasteiger partial charge in [0.2, 0.25) is 0 Å². The normalized spacial score (nSPS) is 15.0. The maximum absolute atomic E-state index is 12.6. The first-order valence-corrected chi connectivity index (χ1v) is 9.72. The molecule has 1 aliphatic rings. The number of hydrogen-bond acceptors (Lipinski definition) is 4. The number of carboxylic acid groups (broad SMARTS) is 1. The molecular formula is C19H13BrCl2N2O5. The molecule has 7 nitrogen and oxygen atoms in total. The highest BCUT2D eigenvalue weighted by Gasteiger charge is 2.33. The van der Waals surface area contributed by atoms with Crippen LogP contribution in [0.1, 0.15) is 11.1 Å². The van der Waals surface area contributed by atoms with Crippen LogP contribution in [0.2, 0.25) is 10.0 Å². The van der Waals surface area contributed by atoms with Gasteiger partial charge in [0.25, 0.3) is 5.91 Å². The Morgan fingerprint density at radius 2 is 1.90 bits per heavy atom. The Labute approximate surface area is 184 Å². The minimum absolute atomic E-state index is 0.0890. The highest BCUT2D eigenvalue weighted by molar-refractivity contribution is 9.10. The Kier molecular flexibility index (Phi) is 6.46. The van der Waals surface area contributed by atoms with E-state index in [0.717, 1.165) is 10.5 Å². The second-order valence-electron chi connectivity index (χ2n) is 6.00. The van der Waals surface area contributed by atoms with Gasteiger partial charge < -0.3 is 15.2 Å². The number of hydrogen-bond donors (Lipinski definition) is 2. The van der Waals surface area contributed by atoms with Crippen molar-refractivity contribution in [2.45, 2.75) is 6.54 Å². The summed E-state index contributed by atoms with van der Waals surface area (Å²) < 4.78 is 5.54. The SMILES string of the molecule is O=C(O)COc1c(Cl)cc(/C=C2\NC(=O)N(Cc3ccc(Cl)cc3)C2=O)cc1Br. The minimum atomic E-state index is -1.14. The van der Waals surface area contributed by atoms with E-state index in [1.165, 1.54) is 12.1 Å². The molecular weight excluding hydrogens is 487 g/mol. The first-order chi connectivity index (χ1) is 13.7. The fourth-order valence-corrected chi connectivity index (χ4v) is 3.70. The van der Waals surface area contributed by atoms with Crippen molar-refractivity contribution < 1.29 is 24.2 Å². The van der Waals surface area contributed by atoms with Crippen molar-refractivity contribution in [3.8, 4) is 5.75 Å². The molecule has 150 valence electrons. The molecule has 1 fully saturated rings. The summed E-state index contributed by atoms with van der Waals surface area (Å²) in [6.07, 6.45) is 1.47. The second kappa shape index (κ2) is 8.86. The molecule has 29 heavy (non-hydrogen) atoms. The van der Waals surface area contributed by atoms with Crippen LogP contribution in [0.3, 0.4) is 0 Å². The van der Waals surface area contributed by atoms with Crippen LogP contribution in [0.25, 0.3) is 6.08 Å². The molecule has 10 heteroatoms. The van der Waals surface area contributed by atoms with Crippen molar-refractivity contribution >= 4 is 63.1 Å². The summed E-state index contributed by atoms with van der Waals surface area (Å²) in [6, 6.07) is 9.38. The lowest BCUT2D eigenvalue weighted by Gasteiger charge is -2.11. The molecule has 1 saturated heterocycles. The Morgan fingerprint density at radius 3 is 2.52 bits per heavy atom. The largest absolute Gasteiger partial charge is 0.479 e. The molecule has 0 spiro atoms. The van der Waals surface area contributed by atoms with Crippen LogP contribution < -0.4 is 10.1 Å². The molecule has 2 aromatic carbocycles. The quantitative estimate of drug-likeness (QED) is 0.456. The number of amides is 3. The maximum atomic E-state index is 12.6. The molecule has 1 heterocycles. The van der Waals surface area contributed by atoms with Gasteiger partial charge in [-0.15, -0.1) is 0 Å². The van der Waals surface area contributed by atoms with Crippen molar-refractivity contribution in [1.82, 2.24) is 10.2 Å². The summed E-state index contributed by atoms with van der Waals surface area (Å²) in [5.41, 5.74) is 1.36. The zero-order chi connectivity index (χ0) is 21.1. The molecule has 0 radical (unpaired) electrons. The Balaban J connectivity index is 1.80. The lowest BCUT2D eigenvalue weighted by Crippen LogP contribution is -2.30. The van der Waals surface area contributed by atoms with Crippen LogP contribution in [0, 0.1) is 0 Å². The van der Waals surface area contributed by atoms with Crippen LogP contribution in [0.4, 0.5) is 4.79 Å². The summed E-state index contributed by atoms with van der Waals surface area (Å²) in [4.78, 5) is 36.6. The van der Waals surface area contributed by atoms with E-state index in [1.807, 2.05) is 0 Å². The Morgan fingerprint density at radius 1 is 1.21 bits per heavy atom. The molecule has 0 aromatic heterocycles. The standard InChI is InChI=1S/C19H13BrCl2N2O5/c20-13-5-11(6-14(22)17(13)29-9-16(25)26)7-15-18(27)24(19(28)23-15)8-10-1-3-12(21)4-2-10/h1-7H,8-9H2,(H,23,28)(H,25,26)/b15-7-. The number of rotatable bonds is 6. The van der Waals surface area contributed by atoms with Crippen molar-refractivity contribution in [2.24, 2.45) is 0 Å². The number of carbonyl (C=O) groups is 3. The van der Waals surface area contributed by atoms with Crippen LogP contribution in [0.5, 0.6) is 5.75 Å².